The first-order valence-electron chi connectivity index (χ1n) is 5.07. The predicted octanol–water partition coefficient (Wildman–Crippen LogP) is 1.65. The van der Waals surface area contributed by atoms with Gasteiger partial charge in [-0.3, -0.25) is 4.79 Å². The van der Waals surface area contributed by atoms with Crippen LogP contribution < -0.4 is 0 Å². The highest BCUT2D eigenvalue weighted by molar-refractivity contribution is 7.99. The van der Waals surface area contributed by atoms with Crippen LogP contribution in [0.1, 0.15) is 20.3 Å². The quantitative estimate of drug-likeness (QED) is 0.645. The van der Waals surface area contributed by atoms with Crippen molar-refractivity contribution in [2.75, 3.05) is 31.1 Å². The van der Waals surface area contributed by atoms with Crippen molar-refractivity contribution < 1.29 is 4.79 Å². The molecule has 1 saturated heterocycles. The summed E-state index contributed by atoms with van der Waals surface area (Å²) in [6.07, 6.45) is 0.762. The molecule has 1 unspecified atom stereocenters. The SMILES string of the molecule is CCSCCN1CCC(=O)C(C)C1. The van der Waals surface area contributed by atoms with Gasteiger partial charge >= 0.3 is 0 Å². The van der Waals surface area contributed by atoms with E-state index in [0.717, 1.165) is 26.1 Å². The van der Waals surface area contributed by atoms with Crippen LogP contribution in [0, 0.1) is 5.92 Å². The zero-order valence-corrected chi connectivity index (χ0v) is 9.40. The summed E-state index contributed by atoms with van der Waals surface area (Å²) in [5.41, 5.74) is 0. The normalized spacial score (nSPS) is 25.1. The fourth-order valence-corrected chi connectivity index (χ4v) is 2.31. The molecule has 0 amide bonds. The van der Waals surface area contributed by atoms with Gasteiger partial charge in [-0.2, -0.15) is 11.8 Å². The van der Waals surface area contributed by atoms with E-state index in [1.165, 1.54) is 11.5 Å². The number of piperidine rings is 1. The van der Waals surface area contributed by atoms with Crippen LogP contribution in [0.15, 0.2) is 0 Å². The number of rotatable bonds is 4. The van der Waals surface area contributed by atoms with Crippen LogP contribution in [0.4, 0.5) is 0 Å². The summed E-state index contributed by atoms with van der Waals surface area (Å²) in [6.45, 7) is 7.33. The molecule has 1 aliphatic heterocycles. The molecule has 1 rings (SSSR count). The van der Waals surface area contributed by atoms with Gasteiger partial charge < -0.3 is 4.90 Å². The predicted molar refractivity (Wildman–Crippen MR) is 58.2 cm³/mol. The molecule has 76 valence electrons. The average molecular weight is 201 g/mol. The first kappa shape index (κ1) is 11.1. The minimum Gasteiger partial charge on any atom is -0.301 e. The lowest BCUT2D eigenvalue weighted by molar-refractivity contribution is -0.125. The number of carbonyl (C=O) groups is 1. The van der Waals surface area contributed by atoms with Crippen LogP contribution in [0.3, 0.4) is 0 Å². The molecule has 1 atom stereocenters. The Balaban J connectivity index is 2.17. The fourth-order valence-electron chi connectivity index (χ4n) is 1.64. The van der Waals surface area contributed by atoms with Crippen molar-refractivity contribution in [1.29, 1.82) is 0 Å². The van der Waals surface area contributed by atoms with Crippen molar-refractivity contribution >= 4 is 17.5 Å². The van der Waals surface area contributed by atoms with Crippen LogP contribution in [0.5, 0.6) is 0 Å². The Morgan fingerprint density at radius 3 is 3.00 bits per heavy atom. The molecule has 1 fully saturated rings. The summed E-state index contributed by atoms with van der Waals surface area (Å²) in [7, 11) is 0. The Morgan fingerprint density at radius 1 is 1.62 bits per heavy atom. The molecule has 0 radical (unpaired) electrons. The van der Waals surface area contributed by atoms with Gasteiger partial charge in [0.1, 0.15) is 5.78 Å². The fraction of sp³-hybridized carbons (Fsp3) is 0.900. The van der Waals surface area contributed by atoms with Gasteiger partial charge in [0.15, 0.2) is 0 Å². The van der Waals surface area contributed by atoms with E-state index in [-0.39, 0.29) is 5.92 Å². The van der Waals surface area contributed by atoms with E-state index in [9.17, 15) is 4.79 Å². The van der Waals surface area contributed by atoms with Crippen molar-refractivity contribution in [3.05, 3.63) is 0 Å². The number of Topliss-reactive ketones (excluding diaryl/α,β-unsaturated/α-hetero) is 1. The molecule has 1 aliphatic rings. The largest absolute Gasteiger partial charge is 0.301 e. The number of hydrogen-bond acceptors (Lipinski definition) is 3. The maximum absolute atomic E-state index is 11.2. The Kier molecular flexibility index (Phi) is 4.81. The number of thioether (sulfide) groups is 1. The van der Waals surface area contributed by atoms with Gasteiger partial charge in [-0.1, -0.05) is 13.8 Å². The number of hydrogen-bond donors (Lipinski definition) is 0. The van der Waals surface area contributed by atoms with Gasteiger partial charge in [-0.05, 0) is 5.75 Å². The Labute approximate surface area is 85.1 Å². The third-order valence-corrected chi connectivity index (χ3v) is 3.39. The molecule has 0 bridgehead atoms. The van der Waals surface area contributed by atoms with Gasteiger partial charge in [0.25, 0.3) is 0 Å². The molecule has 0 saturated carbocycles. The van der Waals surface area contributed by atoms with Gasteiger partial charge in [0.2, 0.25) is 0 Å². The van der Waals surface area contributed by atoms with E-state index < -0.39 is 0 Å². The molecule has 0 aromatic heterocycles. The third kappa shape index (κ3) is 3.69. The molecule has 0 aromatic carbocycles. The van der Waals surface area contributed by atoms with Gasteiger partial charge in [0.05, 0.1) is 0 Å². The summed E-state index contributed by atoms with van der Waals surface area (Å²) in [5, 5.41) is 0. The van der Waals surface area contributed by atoms with Gasteiger partial charge in [0, 0.05) is 37.7 Å². The highest BCUT2D eigenvalue weighted by Gasteiger charge is 2.22. The topological polar surface area (TPSA) is 20.3 Å². The molecule has 1 heterocycles. The average Bonchev–Trinajstić information content (AvgIpc) is 2.12. The minimum atomic E-state index is 0.264. The van der Waals surface area contributed by atoms with E-state index in [0.29, 0.717) is 5.78 Å². The number of carbonyl (C=O) groups excluding carboxylic acids is 1. The lowest BCUT2D eigenvalue weighted by atomic mass is 9.99. The third-order valence-electron chi connectivity index (χ3n) is 2.51. The van der Waals surface area contributed by atoms with Crippen molar-refractivity contribution in [3.8, 4) is 0 Å². The van der Waals surface area contributed by atoms with E-state index in [4.69, 9.17) is 0 Å². The van der Waals surface area contributed by atoms with Crippen LogP contribution >= 0.6 is 11.8 Å². The zero-order chi connectivity index (χ0) is 9.68. The highest BCUT2D eigenvalue weighted by atomic mass is 32.2. The first-order valence-corrected chi connectivity index (χ1v) is 6.22. The highest BCUT2D eigenvalue weighted by Crippen LogP contribution is 2.12. The van der Waals surface area contributed by atoms with Gasteiger partial charge in [-0.15, -0.1) is 0 Å². The zero-order valence-electron chi connectivity index (χ0n) is 8.58. The second-order valence-electron chi connectivity index (χ2n) is 3.61. The Bertz CT molecular complexity index is 172. The second kappa shape index (κ2) is 5.66. The molecule has 0 aromatic rings. The lowest BCUT2D eigenvalue weighted by Gasteiger charge is -2.29. The summed E-state index contributed by atoms with van der Waals surface area (Å²) < 4.78 is 0. The minimum absolute atomic E-state index is 0.264. The van der Waals surface area contributed by atoms with Crippen molar-refractivity contribution in [1.82, 2.24) is 4.90 Å². The maximum Gasteiger partial charge on any atom is 0.138 e. The van der Waals surface area contributed by atoms with Crippen molar-refractivity contribution in [2.45, 2.75) is 20.3 Å². The van der Waals surface area contributed by atoms with Gasteiger partial charge in [-0.25, -0.2) is 0 Å². The smallest absolute Gasteiger partial charge is 0.138 e. The van der Waals surface area contributed by atoms with E-state index in [2.05, 4.69) is 11.8 Å². The van der Waals surface area contributed by atoms with Crippen LogP contribution in [0.2, 0.25) is 0 Å². The Hall–Kier alpha value is -0.0200. The molecule has 2 nitrogen and oxygen atoms in total. The summed E-state index contributed by atoms with van der Waals surface area (Å²) in [5.74, 6) is 3.11. The number of nitrogens with zero attached hydrogens (tertiary/aromatic N) is 1. The van der Waals surface area contributed by atoms with E-state index in [1.807, 2.05) is 18.7 Å². The van der Waals surface area contributed by atoms with E-state index in [1.54, 1.807) is 0 Å². The molecule has 0 N–H and O–H groups in total. The molecule has 0 spiro atoms. The van der Waals surface area contributed by atoms with Crippen molar-refractivity contribution in [2.24, 2.45) is 5.92 Å². The summed E-state index contributed by atoms with van der Waals surface area (Å²) in [6, 6.07) is 0. The van der Waals surface area contributed by atoms with Crippen LogP contribution in [-0.4, -0.2) is 41.8 Å². The maximum atomic E-state index is 11.2. The Morgan fingerprint density at radius 2 is 2.38 bits per heavy atom. The van der Waals surface area contributed by atoms with E-state index >= 15 is 0 Å². The number of ketones is 1. The standard InChI is InChI=1S/C10H19NOS/c1-3-13-7-6-11-5-4-10(12)9(2)8-11/h9H,3-8H2,1-2H3. The monoisotopic (exact) mass is 201 g/mol. The summed E-state index contributed by atoms with van der Waals surface area (Å²) in [4.78, 5) is 13.6. The molecular formula is C10H19NOS. The lowest BCUT2D eigenvalue weighted by Crippen LogP contribution is -2.40. The second-order valence-corrected chi connectivity index (χ2v) is 5.01. The molecule has 13 heavy (non-hydrogen) atoms. The van der Waals surface area contributed by atoms with Crippen molar-refractivity contribution in [3.63, 3.8) is 0 Å². The molecule has 0 aliphatic carbocycles. The van der Waals surface area contributed by atoms with Crippen LogP contribution in [0.25, 0.3) is 0 Å². The molecular weight excluding hydrogens is 182 g/mol. The summed E-state index contributed by atoms with van der Waals surface area (Å²) >= 11 is 1.98. The van der Waals surface area contributed by atoms with Crippen LogP contribution in [-0.2, 0) is 4.79 Å². The molecule has 3 heteroatoms. The first-order chi connectivity index (χ1) is 6.24. The number of likely N-dealkylation sites (tertiary alicyclic amines) is 1.